The summed E-state index contributed by atoms with van der Waals surface area (Å²) in [7, 11) is 4.17. The van der Waals surface area contributed by atoms with E-state index in [9.17, 15) is 9.59 Å². The van der Waals surface area contributed by atoms with E-state index in [4.69, 9.17) is 14.2 Å². The van der Waals surface area contributed by atoms with Gasteiger partial charge in [-0.05, 0) is 43.2 Å². The first kappa shape index (κ1) is 20.2. The number of esters is 2. The van der Waals surface area contributed by atoms with Crippen LogP contribution in [0.4, 0.5) is 0 Å². The molecule has 2 aromatic rings. The lowest BCUT2D eigenvalue weighted by molar-refractivity contribution is -0.598. The lowest BCUT2D eigenvalue weighted by atomic mass is 9.99. The van der Waals surface area contributed by atoms with Crippen molar-refractivity contribution in [2.75, 3.05) is 21.3 Å². The topological polar surface area (TPSA) is 61.8 Å². The molecule has 5 nitrogen and oxygen atoms in total. The van der Waals surface area contributed by atoms with Gasteiger partial charge in [-0.2, -0.15) is 0 Å². The van der Waals surface area contributed by atoms with Crippen LogP contribution in [0.5, 0.6) is 5.75 Å². The fourth-order valence-corrected chi connectivity index (χ4v) is 5.05. The number of rotatable bonds is 8. The Morgan fingerprint density at radius 3 is 2.19 bits per heavy atom. The molecule has 2 rings (SSSR count). The predicted octanol–water partition coefficient (Wildman–Crippen LogP) is -0.282. The molecule has 0 amide bonds. The molecule has 0 saturated heterocycles. The maximum Gasteiger partial charge on any atom is 0.358 e. The molecule has 0 aliphatic heterocycles. The molecule has 0 aromatic heterocycles. The molecule has 0 fully saturated rings. The Balaban J connectivity index is 2.22. The molecule has 0 atom stereocenters. The van der Waals surface area contributed by atoms with Gasteiger partial charge in [-0.1, -0.05) is 18.2 Å². The first-order valence-electron chi connectivity index (χ1n) is 8.11. The van der Waals surface area contributed by atoms with Gasteiger partial charge >= 0.3 is 33.1 Å². The summed E-state index contributed by atoms with van der Waals surface area (Å²) in [5.74, 6) is -1.30. The summed E-state index contributed by atoms with van der Waals surface area (Å²) in [6, 6.07) is 16.3. The number of aryl methyl sites for hydroxylation is 1. The van der Waals surface area contributed by atoms with Gasteiger partial charge in [-0.15, -0.1) is 0 Å². The number of methoxy groups -OCH3 is 3. The Bertz CT molecular complexity index is 729. The molecule has 0 bridgehead atoms. The van der Waals surface area contributed by atoms with Crippen LogP contribution in [0.15, 0.2) is 48.5 Å². The van der Waals surface area contributed by atoms with Crippen LogP contribution in [0.1, 0.15) is 12.0 Å². The molecular weight excluding hydrogens is 447 g/mol. The van der Waals surface area contributed by atoms with Crippen molar-refractivity contribution in [2.24, 2.45) is 5.92 Å². The van der Waals surface area contributed by atoms with Gasteiger partial charge in [0.05, 0.1) is 21.3 Å². The number of hydrogen-bond acceptors (Lipinski definition) is 5. The molecule has 0 spiro atoms. The highest BCUT2D eigenvalue weighted by molar-refractivity contribution is 5.94. The van der Waals surface area contributed by atoms with Gasteiger partial charge in [0.2, 0.25) is 0 Å². The number of benzene rings is 2. The lowest BCUT2D eigenvalue weighted by Gasteiger charge is -2.12. The average Bonchev–Trinajstić information content (AvgIpc) is 2.69. The van der Waals surface area contributed by atoms with Gasteiger partial charge in [-0.3, -0.25) is 9.59 Å². The van der Waals surface area contributed by atoms with Gasteiger partial charge in [0.15, 0.2) is 13.1 Å². The van der Waals surface area contributed by atoms with E-state index in [1.807, 2.05) is 30.3 Å². The maximum atomic E-state index is 11.9. The summed E-state index contributed by atoms with van der Waals surface area (Å²) in [6.07, 6.45) is 0.895. The van der Waals surface area contributed by atoms with Crippen LogP contribution in [-0.4, -0.2) is 33.3 Å². The third-order valence-electron chi connectivity index (χ3n) is 3.87. The smallest absolute Gasteiger partial charge is 0.358 e. The number of hydrogen-bond donors (Lipinski definition) is 0. The zero-order valence-corrected chi connectivity index (χ0v) is 17.2. The lowest BCUT2D eigenvalue weighted by Crippen LogP contribution is -3.61. The van der Waals surface area contributed by atoms with Gasteiger partial charge in [0, 0.05) is 5.56 Å². The van der Waals surface area contributed by atoms with Crippen molar-refractivity contribution in [3.63, 3.8) is 0 Å². The Morgan fingerprint density at radius 1 is 0.962 bits per heavy atom. The Kier molecular flexibility index (Phi) is 7.90. The number of carbonyl (C=O) groups is 2. The first-order valence-corrected chi connectivity index (χ1v) is 10.3. The predicted molar refractivity (Wildman–Crippen MR) is 92.7 cm³/mol. The summed E-state index contributed by atoms with van der Waals surface area (Å²) in [5.41, 5.74) is 1.08. The molecule has 2 aromatic carbocycles. The maximum absolute atomic E-state index is 11.9. The normalized spacial score (nSPS) is 10.5. The molecule has 0 unspecified atom stereocenters. The molecule has 0 N–H and O–H groups in total. The quantitative estimate of drug-likeness (QED) is 0.303. The van der Waals surface area contributed by atoms with Crippen molar-refractivity contribution in [2.45, 2.75) is 12.8 Å². The summed E-state index contributed by atoms with van der Waals surface area (Å²) < 4.78 is 17.3. The van der Waals surface area contributed by atoms with Crippen molar-refractivity contribution in [1.29, 1.82) is 0 Å². The van der Waals surface area contributed by atoms with Crippen molar-refractivity contribution < 1.29 is 45.0 Å². The molecule has 0 radical (unpaired) electrons. The van der Waals surface area contributed by atoms with E-state index in [1.54, 1.807) is 7.11 Å². The number of carbonyl (C=O) groups excluding carboxylic acids is 2. The van der Waals surface area contributed by atoms with Crippen LogP contribution in [0.25, 0.3) is 0 Å². The van der Waals surface area contributed by atoms with E-state index in [1.165, 1.54) is 21.4 Å². The average molecular weight is 469 g/mol. The van der Waals surface area contributed by atoms with Crippen LogP contribution in [0, 0.1) is 13.1 Å². The van der Waals surface area contributed by atoms with Crippen LogP contribution in [0.2, 0.25) is 0 Å². The minimum atomic E-state index is -0.918. The van der Waals surface area contributed by atoms with E-state index in [2.05, 4.69) is 18.2 Å². The summed E-state index contributed by atoms with van der Waals surface area (Å²) in [4.78, 5) is 23.8. The summed E-state index contributed by atoms with van der Waals surface area (Å²) in [6.45, 7) is 0. The fourth-order valence-electron chi connectivity index (χ4n) is 2.47. The second-order valence-corrected chi connectivity index (χ2v) is 8.43. The van der Waals surface area contributed by atoms with Gasteiger partial charge in [0.25, 0.3) is 0 Å². The summed E-state index contributed by atoms with van der Waals surface area (Å²) in [5, 5.41) is 0. The SMILES string of the molecule is COC(=O)C(CCc1cc(OC)ccc1[I+]c1ccccc1)C(=O)OC. The van der Waals surface area contributed by atoms with Gasteiger partial charge < -0.3 is 14.2 Å². The highest BCUT2D eigenvalue weighted by Crippen LogP contribution is 2.18. The molecule has 0 heterocycles. The van der Waals surface area contributed by atoms with Crippen LogP contribution in [-0.2, 0) is 25.5 Å². The number of halogens is 1. The van der Waals surface area contributed by atoms with Crippen molar-refractivity contribution in [3.05, 3.63) is 61.2 Å². The molecule has 0 saturated carbocycles. The zero-order chi connectivity index (χ0) is 18.9. The molecule has 0 aliphatic carbocycles. The molecule has 0 aliphatic rings. The zero-order valence-electron chi connectivity index (χ0n) is 15.0. The molecule has 138 valence electrons. The molecular formula is C20H22IO5+. The standard InChI is InChI=1S/C20H22IO5/c1-24-16-10-12-18(21-15-7-5-4-6-8-15)14(13-16)9-11-17(19(22)25-2)20(23)26-3/h4-8,10,12-13,17H,9,11H2,1-3H3/q+1. The highest BCUT2D eigenvalue weighted by Gasteiger charge is 2.29. The van der Waals surface area contributed by atoms with Crippen LogP contribution < -0.4 is 25.9 Å². The minimum absolute atomic E-state index is 0.331. The van der Waals surface area contributed by atoms with Crippen LogP contribution >= 0.6 is 0 Å². The second kappa shape index (κ2) is 10.2. The van der Waals surface area contributed by atoms with Crippen LogP contribution in [0.3, 0.4) is 0 Å². The van der Waals surface area contributed by atoms with Gasteiger partial charge in [-0.25, -0.2) is 0 Å². The minimum Gasteiger partial charge on any atom is -0.497 e. The van der Waals surface area contributed by atoms with E-state index in [0.29, 0.717) is 12.8 Å². The monoisotopic (exact) mass is 469 g/mol. The summed E-state index contributed by atoms with van der Waals surface area (Å²) >= 11 is -0.370. The van der Waals surface area contributed by atoms with E-state index in [0.717, 1.165) is 11.3 Å². The Hall–Kier alpha value is -2.09. The van der Waals surface area contributed by atoms with Gasteiger partial charge in [0.1, 0.15) is 5.75 Å². The fraction of sp³-hybridized carbons (Fsp3) is 0.300. The van der Waals surface area contributed by atoms with Crippen molar-refractivity contribution in [3.8, 4) is 5.75 Å². The highest BCUT2D eigenvalue weighted by atomic mass is 127. The third kappa shape index (κ3) is 5.45. The van der Waals surface area contributed by atoms with E-state index in [-0.39, 0.29) is 21.2 Å². The molecule has 26 heavy (non-hydrogen) atoms. The second-order valence-electron chi connectivity index (χ2n) is 5.48. The van der Waals surface area contributed by atoms with Crippen molar-refractivity contribution in [1.82, 2.24) is 0 Å². The third-order valence-corrected chi connectivity index (χ3v) is 6.85. The largest absolute Gasteiger partial charge is 0.497 e. The van der Waals surface area contributed by atoms with E-state index >= 15 is 0 Å². The Labute approximate surface area is 163 Å². The number of ether oxygens (including phenoxy) is 3. The van der Waals surface area contributed by atoms with E-state index < -0.39 is 17.9 Å². The first-order chi connectivity index (χ1) is 12.6. The molecule has 6 heteroatoms. The van der Waals surface area contributed by atoms with Crippen molar-refractivity contribution >= 4 is 11.9 Å². The Morgan fingerprint density at radius 2 is 1.62 bits per heavy atom.